The first kappa shape index (κ1) is 17.2. The lowest BCUT2D eigenvalue weighted by atomic mass is 10.1. The second-order valence-electron chi connectivity index (χ2n) is 5.35. The number of ketones is 1. The number of carbonyl (C=O) groups excluding carboxylic acids is 3. The highest BCUT2D eigenvalue weighted by Gasteiger charge is 2.20. The third-order valence-electron chi connectivity index (χ3n) is 3.35. The Kier molecular flexibility index (Phi) is 5.31. The monoisotopic (exact) mass is 326 g/mol. The molecule has 124 valence electrons. The number of nitrogens with two attached hydrogens (primary N) is 1. The summed E-state index contributed by atoms with van der Waals surface area (Å²) in [4.78, 5) is 35.3. The molecule has 2 amide bonds. The Morgan fingerprint density at radius 2 is 1.71 bits per heavy atom. The number of carbonyl (C=O) groups is 3. The zero-order valence-corrected chi connectivity index (χ0v) is 13.4. The zero-order valence-electron chi connectivity index (χ0n) is 13.4. The molecule has 0 saturated heterocycles. The normalized spacial score (nSPS) is 11.4. The van der Waals surface area contributed by atoms with Crippen molar-refractivity contribution in [3.8, 4) is 0 Å². The number of anilines is 1. The van der Waals surface area contributed by atoms with Gasteiger partial charge < -0.3 is 15.8 Å². The van der Waals surface area contributed by atoms with Crippen molar-refractivity contribution in [2.24, 2.45) is 5.73 Å². The van der Waals surface area contributed by atoms with Gasteiger partial charge in [0.05, 0.1) is 5.56 Å². The van der Waals surface area contributed by atoms with Gasteiger partial charge in [-0.15, -0.1) is 0 Å². The molecule has 2 aromatic carbocycles. The predicted molar refractivity (Wildman–Crippen MR) is 90.0 cm³/mol. The van der Waals surface area contributed by atoms with E-state index in [9.17, 15) is 14.4 Å². The van der Waals surface area contributed by atoms with Crippen LogP contribution in [0, 0.1) is 6.92 Å². The van der Waals surface area contributed by atoms with Crippen molar-refractivity contribution in [3.05, 3.63) is 65.2 Å². The first-order valence-electron chi connectivity index (χ1n) is 7.35. The van der Waals surface area contributed by atoms with E-state index in [2.05, 4.69) is 5.32 Å². The Hall–Kier alpha value is -3.15. The summed E-state index contributed by atoms with van der Waals surface area (Å²) in [5.41, 5.74) is 7.13. The Morgan fingerprint density at radius 1 is 1.04 bits per heavy atom. The second kappa shape index (κ2) is 7.41. The molecule has 0 saturated carbocycles. The molecule has 24 heavy (non-hydrogen) atoms. The summed E-state index contributed by atoms with van der Waals surface area (Å²) in [6, 6.07) is 12.4. The van der Waals surface area contributed by atoms with Gasteiger partial charge in [0, 0.05) is 11.3 Å². The maximum absolute atomic E-state index is 12.3. The summed E-state index contributed by atoms with van der Waals surface area (Å²) >= 11 is 0. The Labute approximate surface area is 139 Å². The number of urea groups is 1. The summed E-state index contributed by atoms with van der Waals surface area (Å²) in [6.45, 7) is 3.44. The number of amides is 2. The van der Waals surface area contributed by atoms with Gasteiger partial charge in [-0.25, -0.2) is 9.59 Å². The summed E-state index contributed by atoms with van der Waals surface area (Å²) in [7, 11) is 0. The fourth-order valence-electron chi connectivity index (χ4n) is 2.10. The smallest absolute Gasteiger partial charge is 0.338 e. The van der Waals surface area contributed by atoms with Crippen LogP contribution in [0.2, 0.25) is 0 Å². The lowest BCUT2D eigenvalue weighted by Crippen LogP contribution is -2.24. The minimum absolute atomic E-state index is 0.213. The molecular weight excluding hydrogens is 308 g/mol. The van der Waals surface area contributed by atoms with Crippen molar-refractivity contribution < 1.29 is 19.1 Å². The quantitative estimate of drug-likeness (QED) is 0.652. The summed E-state index contributed by atoms with van der Waals surface area (Å²) in [5, 5.41) is 2.37. The highest BCUT2D eigenvalue weighted by molar-refractivity contribution is 6.01. The topological polar surface area (TPSA) is 98.5 Å². The fraction of sp³-hybridized carbons (Fsp3) is 0.167. The summed E-state index contributed by atoms with van der Waals surface area (Å²) in [6.07, 6.45) is -0.923. The van der Waals surface area contributed by atoms with Crippen LogP contribution in [0.3, 0.4) is 0 Å². The van der Waals surface area contributed by atoms with E-state index in [4.69, 9.17) is 10.5 Å². The van der Waals surface area contributed by atoms with E-state index in [1.165, 1.54) is 19.1 Å². The first-order valence-corrected chi connectivity index (χ1v) is 7.35. The van der Waals surface area contributed by atoms with Crippen molar-refractivity contribution in [3.63, 3.8) is 0 Å². The number of rotatable bonds is 5. The molecule has 2 aromatic rings. The number of benzene rings is 2. The minimum Gasteiger partial charge on any atom is -0.451 e. The molecule has 0 fully saturated rings. The van der Waals surface area contributed by atoms with Crippen LogP contribution >= 0.6 is 0 Å². The maximum atomic E-state index is 12.3. The lowest BCUT2D eigenvalue weighted by molar-refractivity contribution is 0.0319. The molecule has 0 aliphatic rings. The first-order chi connectivity index (χ1) is 11.4. The molecule has 0 spiro atoms. The standard InChI is InChI=1S/C18H18N2O4/c1-11-6-8-13(9-7-11)16(21)12(2)24-17(22)14-4-3-5-15(10-14)20-18(19)23/h3-10,12H,1-2H3,(H3,19,20,23)/t12-/m0/s1. The number of primary amides is 1. The van der Waals surface area contributed by atoms with Crippen molar-refractivity contribution >= 4 is 23.5 Å². The molecule has 2 rings (SSSR count). The van der Waals surface area contributed by atoms with Crippen molar-refractivity contribution in [1.82, 2.24) is 0 Å². The molecule has 0 heterocycles. The van der Waals surface area contributed by atoms with Crippen molar-refractivity contribution in [1.29, 1.82) is 0 Å². The molecule has 6 nitrogen and oxygen atoms in total. The van der Waals surface area contributed by atoms with Crippen LogP contribution < -0.4 is 11.1 Å². The highest BCUT2D eigenvalue weighted by Crippen LogP contribution is 2.14. The van der Waals surface area contributed by atoms with Crippen LogP contribution in [0.1, 0.15) is 33.2 Å². The van der Waals surface area contributed by atoms with E-state index in [1.807, 2.05) is 19.1 Å². The molecular formula is C18H18N2O4. The number of Topliss-reactive ketones (excluding diaryl/α,β-unsaturated/α-hetero) is 1. The number of hydrogen-bond donors (Lipinski definition) is 2. The average Bonchev–Trinajstić information content (AvgIpc) is 2.54. The van der Waals surface area contributed by atoms with E-state index in [0.29, 0.717) is 11.3 Å². The largest absolute Gasteiger partial charge is 0.451 e. The van der Waals surface area contributed by atoms with Gasteiger partial charge in [0.15, 0.2) is 6.10 Å². The van der Waals surface area contributed by atoms with Gasteiger partial charge in [0.2, 0.25) is 5.78 Å². The van der Waals surface area contributed by atoms with Crippen LogP contribution in [0.25, 0.3) is 0 Å². The summed E-state index contributed by atoms with van der Waals surface area (Å²) in [5.74, 6) is -0.939. The Balaban J connectivity index is 2.07. The number of nitrogens with one attached hydrogen (secondary N) is 1. The van der Waals surface area contributed by atoms with Crippen LogP contribution in [0.4, 0.5) is 10.5 Å². The van der Waals surface area contributed by atoms with E-state index >= 15 is 0 Å². The SMILES string of the molecule is Cc1ccc(C(=O)[C@H](C)OC(=O)c2cccc(NC(N)=O)c2)cc1. The minimum atomic E-state index is -0.923. The van der Waals surface area contributed by atoms with Crippen molar-refractivity contribution in [2.75, 3.05) is 5.32 Å². The van der Waals surface area contributed by atoms with E-state index in [1.54, 1.807) is 24.3 Å². The molecule has 0 bridgehead atoms. The Bertz CT molecular complexity index is 769. The zero-order chi connectivity index (χ0) is 17.7. The average molecular weight is 326 g/mol. The Morgan fingerprint density at radius 3 is 2.33 bits per heavy atom. The van der Waals surface area contributed by atoms with Crippen LogP contribution in [-0.2, 0) is 4.74 Å². The maximum Gasteiger partial charge on any atom is 0.338 e. The lowest BCUT2D eigenvalue weighted by Gasteiger charge is -2.13. The van der Waals surface area contributed by atoms with E-state index in [-0.39, 0.29) is 11.3 Å². The summed E-state index contributed by atoms with van der Waals surface area (Å²) < 4.78 is 5.21. The third-order valence-corrected chi connectivity index (χ3v) is 3.35. The molecule has 6 heteroatoms. The van der Waals surface area contributed by atoms with Gasteiger partial charge in [0.1, 0.15) is 0 Å². The van der Waals surface area contributed by atoms with Gasteiger partial charge in [-0.2, -0.15) is 0 Å². The molecule has 0 aliphatic carbocycles. The fourth-order valence-corrected chi connectivity index (χ4v) is 2.10. The van der Waals surface area contributed by atoms with Crippen molar-refractivity contribution in [2.45, 2.75) is 20.0 Å². The second-order valence-corrected chi connectivity index (χ2v) is 5.35. The van der Waals surface area contributed by atoms with Gasteiger partial charge in [-0.1, -0.05) is 35.9 Å². The highest BCUT2D eigenvalue weighted by atomic mass is 16.5. The van der Waals surface area contributed by atoms with Crippen LogP contribution in [-0.4, -0.2) is 23.9 Å². The molecule has 0 aromatic heterocycles. The third kappa shape index (κ3) is 4.42. The van der Waals surface area contributed by atoms with E-state index < -0.39 is 18.1 Å². The predicted octanol–water partition coefficient (Wildman–Crippen LogP) is 2.91. The van der Waals surface area contributed by atoms with Crippen LogP contribution in [0.15, 0.2) is 48.5 Å². The van der Waals surface area contributed by atoms with Crippen LogP contribution in [0.5, 0.6) is 0 Å². The molecule has 0 radical (unpaired) electrons. The van der Waals surface area contributed by atoms with E-state index in [0.717, 1.165) is 5.56 Å². The molecule has 0 unspecified atom stereocenters. The van der Waals surface area contributed by atoms with Gasteiger partial charge in [-0.05, 0) is 32.0 Å². The number of esters is 1. The van der Waals surface area contributed by atoms with Gasteiger partial charge in [-0.3, -0.25) is 4.79 Å². The molecule has 0 aliphatic heterocycles. The number of ether oxygens (including phenoxy) is 1. The number of aryl methyl sites for hydroxylation is 1. The molecule has 1 atom stereocenters. The number of hydrogen-bond acceptors (Lipinski definition) is 4. The molecule has 3 N–H and O–H groups in total. The van der Waals surface area contributed by atoms with Gasteiger partial charge in [0.25, 0.3) is 0 Å². The van der Waals surface area contributed by atoms with Gasteiger partial charge >= 0.3 is 12.0 Å².